The van der Waals surface area contributed by atoms with Gasteiger partial charge in [-0.15, -0.1) is 0 Å². The summed E-state index contributed by atoms with van der Waals surface area (Å²) in [4.78, 5) is 2.86. The van der Waals surface area contributed by atoms with Crippen molar-refractivity contribution >= 4 is 21.4 Å². The molecule has 9 nitrogen and oxygen atoms in total. The molecule has 0 aliphatic heterocycles. The van der Waals surface area contributed by atoms with Gasteiger partial charge in [-0.2, -0.15) is 0 Å². The molecule has 0 aromatic rings. The Labute approximate surface area is 84.7 Å². The zero-order valence-electron chi connectivity index (χ0n) is 5.80. The van der Waals surface area contributed by atoms with Gasteiger partial charge in [-0.1, -0.05) is 14.9 Å². The fraction of sp³-hybridized carbons (Fsp3) is 1.00. The van der Waals surface area contributed by atoms with Crippen LogP contribution in [0.3, 0.4) is 0 Å². The molecule has 0 atom stereocenters. The Balaban J connectivity index is -0.00000000785. The molecule has 0 radical (unpaired) electrons. The van der Waals surface area contributed by atoms with E-state index in [-0.39, 0.29) is 47.1 Å². The van der Waals surface area contributed by atoms with Gasteiger partial charge in [0.2, 0.25) is 0 Å². The smallest absolute Gasteiger partial charge is 0 e. The van der Waals surface area contributed by atoms with Crippen molar-refractivity contribution in [2.75, 3.05) is 0 Å². The standard InChI is InChI=1S/2CH4.B2H2O3.BHO3.3H2O.H2/c;;3-1-2(4)5;2-1-4-3;;;;/h2*1H4;4-5H;3H;3*1H2;1H. The topological polar surface area (TPSA) is 199 Å². The fourth-order valence-corrected chi connectivity index (χ4v) is 0. The van der Waals surface area contributed by atoms with Crippen molar-refractivity contribution in [3.05, 3.63) is 0 Å². The van der Waals surface area contributed by atoms with Crippen LogP contribution in [0.4, 0.5) is 0 Å². The van der Waals surface area contributed by atoms with Gasteiger partial charge in [-0.25, -0.2) is 0 Å². The van der Waals surface area contributed by atoms with E-state index >= 15 is 0 Å². The Kier molecular flexibility index (Phi) is 200. The predicted molar refractivity (Wildman–Crippen MR) is 53.2 cm³/mol. The first kappa shape index (κ1) is 50.5. The van der Waals surface area contributed by atoms with E-state index in [4.69, 9.17) is 24.7 Å². The van der Waals surface area contributed by atoms with Gasteiger partial charge in [0, 0.05) is 1.43 Å². The third-order valence-electron chi connectivity index (χ3n) is 0.165. The summed E-state index contributed by atoms with van der Waals surface area (Å²) in [6.45, 7) is 0. The summed E-state index contributed by atoms with van der Waals surface area (Å²) in [6, 6.07) is 0. The van der Waals surface area contributed by atoms with E-state index in [9.17, 15) is 0 Å². The van der Waals surface area contributed by atoms with Crippen LogP contribution in [0.15, 0.2) is 0 Å². The van der Waals surface area contributed by atoms with Crippen molar-refractivity contribution in [1.82, 2.24) is 0 Å². The SMILES string of the molecule is C.C.O.O.O.O=BB(O)O.O=BOO.[HH]. The van der Waals surface area contributed by atoms with E-state index in [1.165, 1.54) is 0 Å². The molecule has 14 heavy (non-hydrogen) atoms. The van der Waals surface area contributed by atoms with Crippen LogP contribution < -0.4 is 0 Å². The van der Waals surface area contributed by atoms with Gasteiger partial charge >= 0.3 is 50.9 Å². The van der Waals surface area contributed by atoms with Crippen molar-refractivity contribution in [3.8, 4) is 0 Å². The molecule has 0 aliphatic rings. The van der Waals surface area contributed by atoms with Crippen LogP contribution in [0.1, 0.15) is 16.3 Å². The van der Waals surface area contributed by atoms with Crippen LogP contribution in [0.2, 0.25) is 0 Å². The van der Waals surface area contributed by atoms with E-state index in [0.717, 1.165) is 0 Å². The Hall–Kier alpha value is -0.645. The minimum Gasteiger partial charge on any atom is 0 e. The van der Waals surface area contributed by atoms with E-state index in [0.29, 0.717) is 0 Å². The largest absolute Gasteiger partial charge is 0 e. The summed E-state index contributed by atoms with van der Waals surface area (Å²) in [7, 11) is -1.84. The summed E-state index contributed by atoms with van der Waals surface area (Å²) in [5, 5.41) is 22.1. The first-order valence-corrected chi connectivity index (χ1v) is 1.74. The Morgan fingerprint density at radius 1 is 1.07 bits per heavy atom. The minimum atomic E-state index is -1.80. The average Bonchev–Trinajstić information content (AvgIpc) is 1.89. The molecule has 0 aromatic carbocycles. The summed E-state index contributed by atoms with van der Waals surface area (Å²) >= 11 is 0. The van der Waals surface area contributed by atoms with Gasteiger partial charge in [0.1, 0.15) is 0 Å². The van der Waals surface area contributed by atoms with Crippen molar-refractivity contribution in [2.24, 2.45) is 0 Å². The Bertz CT molecular complexity index is 83.8. The molecule has 90 valence electrons. The van der Waals surface area contributed by atoms with Crippen LogP contribution in [0.25, 0.3) is 0 Å². The van der Waals surface area contributed by atoms with Crippen LogP contribution in [0.5, 0.6) is 0 Å². The molecule has 0 spiro atoms. The molecule has 9 N–H and O–H groups in total. The van der Waals surface area contributed by atoms with E-state index in [1.807, 2.05) is 0 Å². The van der Waals surface area contributed by atoms with Crippen molar-refractivity contribution in [2.45, 2.75) is 14.9 Å². The van der Waals surface area contributed by atoms with E-state index in [1.54, 1.807) is 0 Å². The normalized spacial score (nSPS) is 3.36. The molecule has 12 heteroatoms. The van der Waals surface area contributed by atoms with Gasteiger partial charge in [0.25, 0.3) is 0 Å². The summed E-state index contributed by atoms with van der Waals surface area (Å²) in [6.07, 6.45) is 0. The molecule has 0 heterocycles. The molecule has 0 unspecified atom stereocenters. The average molecular weight is 220 g/mol. The van der Waals surface area contributed by atoms with Gasteiger partial charge in [0.15, 0.2) is 0 Å². The van der Waals surface area contributed by atoms with Gasteiger partial charge in [0.05, 0.1) is 0 Å². The zero-order valence-corrected chi connectivity index (χ0v) is 5.80. The van der Waals surface area contributed by atoms with Gasteiger partial charge < -0.3 is 16.4 Å². The van der Waals surface area contributed by atoms with Gasteiger partial charge in [-0.05, 0) is 0 Å². The molecule has 0 aliphatic carbocycles. The molecule has 0 fully saturated rings. The molecular formula is C2H19B3O9. The molecule has 0 amide bonds. The maximum absolute atomic E-state index is 9.00. The Morgan fingerprint density at radius 3 is 1.21 bits per heavy atom. The van der Waals surface area contributed by atoms with Gasteiger partial charge in [-0.3, -0.25) is 0 Å². The predicted octanol–water partition coefficient (Wildman–Crippen LogP) is -3.51. The second-order valence-electron chi connectivity index (χ2n) is 0.751. The maximum Gasteiger partial charge on any atom is 0 e. The summed E-state index contributed by atoms with van der Waals surface area (Å²) in [5.41, 5.74) is 0. The van der Waals surface area contributed by atoms with Crippen molar-refractivity contribution in [1.29, 1.82) is 0 Å². The van der Waals surface area contributed by atoms with E-state index < -0.39 is 7.01 Å². The second kappa shape index (κ2) is 55.6. The van der Waals surface area contributed by atoms with Crippen LogP contribution >= 0.6 is 0 Å². The molecule has 0 aromatic heterocycles. The first-order chi connectivity index (χ1) is 4.18. The monoisotopic (exact) mass is 220 g/mol. The quantitative estimate of drug-likeness (QED) is 0.244. The minimum absolute atomic E-state index is 0. The number of rotatable bonds is 2. The number of hydrogen-bond acceptors (Lipinski definition) is 6. The van der Waals surface area contributed by atoms with Crippen molar-refractivity contribution in [3.63, 3.8) is 0 Å². The summed E-state index contributed by atoms with van der Waals surface area (Å²) < 4.78 is 17.7. The third kappa shape index (κ3) is 220. The fourth-order valence-electron chi connectivity index (χ4n) is 0. The first-order valence-electron chi connectivity index (χ1n) is 1.74. The molecule has 0 saturated carbocycles. The zero-order chi connectivity index (χ0) is 7.70. The van der Waals surface area contributed by atoms with Crippen LogP contribution in [0, 0.1) is 0 Å². The van der Waals surface area contributed by atoms with Crippen LogP contribution in [-0.4, -0.2) is 53.1 Å². The molecule has 0 saturated heterocycles. The molecular weight excluding hydrogens is 200 g/mol. The molecule has 0 bridgehead atoms. The molecule has 0 rings (SSSR count). The maximum atomic E-state index is 9.00. The summed E-state index contributed by atoms with van der Waals surface area (Å²) in [5.74, 6) is 0. The Morgan fingerprint density at radius 2 is 1.21 bits per heavy atom. The van der Waals surface area contributed by atoms with E-state index in [2.05, 4.69) is 4.81 Å². The van der Waals surface area contributed by atoms with Crippen LogP contribution in [-0.2, 0) is 14.2 Å². The number of hydrogen-bond donors (Lipinski definition) is 3. The van der Waals surface area contributed by atoms with Crippen molar-refractivity contribution < 1.29 is 47.4 Å². The third-order valence-corrected chi connectivity index (χ3v) is 0.165. The second-order valence-corrected chi connectivity index (χ2v) is 0.751.